The summed E-state index contributed by atoms with van der Waals surface area (Å²) >= 11 is 0. The van der Waals surface area contributed by atoms with Crippen molar-refractivity contribution >= 4 is 11.7 Å². The highest BCUT2D eigenvalue weighted by atomic mass is 19.3. The highest BCUT2D eigenvalue weighted by Gasteiger charge is 2.21. The number of nitrogens with one attached hydrogen (secondary N) is 2. The van der Waals surface area contributed by atoms with E-state index >= 15 is 0 Å². The molecule has 0 bridgehead atoms. The third kappa shape index (κ3) is 4.43. The van der Waals surface area contributed by atoms with E-state index in [9.17, 15) is 18.4 Å². The Morgan fingerprint density at radius 3 is 2.64 bits per heavy atom. The molecule has 0 saturated carbocycles. The van der Waals surface area contributed by atoms with Crippen molar-refractivity contribution in [2.45, 2.75) is 40.3 Å². The van der Waals surface area contributed by atoms with Crippen LogP contribution < -0.4 is 10.1 Å². The first kappa shape index (κ1) is 18.6. The van der Waals surface area contributed by atoms with Crippen molar-refractivity contribution < 1.29 is 23.1 Å². The number of ether oxygens (including phenoxy) is 1. The van der Waals surface area contributed by atoms with Gasteiger partial charge in [-0.25, -0.2) is 0 Å². The summed E-state index contributed by atoms with van der Waals surface area (Å²) in [5, 5.41) is 2.73. The minimum atomic E-state index is -2.90. The van der Waals surface area contributed by atoms with Gasteiger partial charge in [-0.1, -0.05) is 19.1 Å². The Hall–Kier alpha value is -2.70. The highest BCUT2D eigenvalue weighted by molar-refractivity contribution is 6.02. The molecule has 0 spiro atoms. The van der Waals surface area contributed by atoms with Gasteiger partial charge in [0.1, 0.15) is 11.4 Å². The maximum Gasteiger partial charge on any atom is 0.387 e. The number of hydrogen-bond donors (Lipinski definition) is 2. The number of carbonyl (C=O) groups is 2. The number of aromatic nitrogens is 1. The van der Waals surface area contributed by atoms with E-state index in [1.165, 1.54) is 19.1 Å². The molecule has 0 aliphatic carbocycles. The second-order valence-corrected chi connectivity index (χ2v) is 5.60. The Morgan fingerprint density at radius 2 is 2.04 bits per heavy atom. The SMILES string of the molecule is CCc1c(C(=O)NCc2cccc(OC(F)F)c2)[nH]c(C)c1C(C)=O. The largest absolute Gasteiger partial charge is 0.435 e. The molecule has 1 heterocycles. The van der Waals surface area contributed by atoms with Crippen LogP contribution in [0.1, 0.15) is 51.5 Å². The van der Waals surface area contributed by atoms with Gasteiger partial charge in [-0.3, -0.25) is 9.59 Å². The Kier molecular flexibility index (Phi) is 5.90. The first-order valence-corrected chi connectivity index (χ1v) is 7.87. The number of halogens is 2. The monoisotopic (exact) mass is 350 g/mol. The van der Waals surface area contributed by atoms with Crippen molar-refractivity contribution in [2.24, 2.45) is 0 Å². The van der Waals surface area contributed by atoms with E-state index in [4.69, 9.17) is 0 Å². The molecule has 1 amide bonds. The summed E-state index contributed by atoms with van der Waals surface area (Å²) in [7, 11) is 0. The fraction of sp³-hybridized carbons (Fsp3) is 0.333. The summed E-state index contributed by atoms with van der Waals surface area (Å²) in [5.74, 6) is -0.417. The van der Waals surface area contributed by atoms with E-state index in [2.05, 4.69) is 15.0 Å². The van der Waals surface area contributed by atoms with Crippen LogP contribution >= 0.6 is 0 Å². The number of Topliss-reactive ketones (excluding diaryl/α,β-unsaturated/α-hetero) is 1. The molecular formula is C18H20F2N2O3. The van der Waals surface area contributed by atoms with Crippen LogP contribution in [-0.2, 0) is 13.0 Å². The minimum absolute atomic E-state index is 0.0329. The van der Waals surface area contributed by atoms with Gasteiger partial charge in [0.15, 0.2) is 5.78 Å². The second-order valence-electron chi connectivity index (χ2n) is 5.60. The quantitative estimate of drug-likeness (QED) is 0.749. The Balaban J connectivity index is 2.13. The van der Waals surface area contributed by atoms with Crippen LogP contribution in [0.5, 0.6) is 5.75 Å². The van der Waals surface area contributed by atoms with Crippen molar-refractivity contribution in [3.05, 3.63) is 52.3 Å². The Bertz CT molecular complexity index is 785. The molecule has 134 valence electrons. The zero-order valence-electron chi connectivity index (χ0n) is 14.3. The lowest BCUT2D eigenvalue weighted by Crippen LogP contribution is -2.24. The van der Waals surface area contributed by atoms with E-state index in [-0.39, 0.29) is 24.0 Å². The number of H-pyrrole nitrogens is 1. The van der Waals surface area contributed by atoms with Crippen molar-refractivity contribution in [2.75, 3.05) is 0 Å². The topological polar surface area (TPSA) is 71.2 Å². The fourth-order valence-corrected chi connectivity index (χ4v) is 2.80. The van der Waals surface area contributed by atoms with Gasteiger partial charge in [-0.05, 0) is 43.5 Å². The first-order chi connectivity index (χ1) is 11.8. The molecule has 5 nitrogen and oxygen atoms in total. The number of alkyl halides is 2. The zero-order valence-corrected chi connectivity index (χ0v) is 14.3. The number of hydrogen-bond acceptors (Lipinski definition) is 3. The number of aromatic amines is 1. The maximum atomic E-state index is 12.4. The number of benzene rings is 1. The number of rotatable bonds is 7. The van der Waals surface area contributed by atoms with Crippen LogP contribution in [0.4, 0.5) is 8.78 Å². The van der Waals surface area contributed by atoms with Crippen LogP contribution in [0, 0.1) is 6.92 Å². The van der Waals surface area contributed by atoms with Gasteiger partial charge < -0.3 is 15.0 Å². The Labute approximate surface area is 144 Å². The molecular weight excluding hydrogens is 330 g/mol. The minimum Gasteiger partial charge on any atom is -0.435 e. The maximum absolute atomic E-state index is 12.4. The van der Waals surface area contributed by atoms with E-state index < -0.39 is 6.61 Å². The molecule has 25 heavy (non-hydrogen) atoms. The summed E-state index contributed by atoms with van der Waals surface area (Å²) in [6.45, 7) is 2.33. The lowest BCUT2D eigenvalue weighted by molar-refractivity contribution is -0.0498. The van der Waals surface area contributed by atoms with Crippen LogP contribution in [0.25, 0.3) is 0 Å². The van der Waals surface area contributed by atoms with Gasteiger partial charge in [0.25, 0.3) is 5.91 Å². The van der Waals surface area contributed by atoms with Crippen molar-refractivity contribution in [1.29, 1.82) is 0 Å². The molecule has 2 rings (SSSR count). The molecule has 0 aliphatic heterocycles. The van der Waals surface area contributed by atoms with Crippen LogP contribution in [0.15, 0.2) is 24.3 Å². The van der Waals surface area contributed by atoms with Crippen LogP contribution in [0.2, 0.25) is 0 Å². The molecule has 0 radical (unpaired) electrons. The summed E-state index contributed by atoms with van der Waals surface area (Å²) in [5.41, 5.74) is 2.85. The van der Waals surface area contributed by atoms with Crippen molar-refractivity contribution in [3.8, 4) is 5.75 Å². The number of ketones is 1. The molecule has 0 aliphatic rings. The molecule has 0 atom stereocenters. The first-order valence-electron chi connectivity index (χ1n) is 7.87. The van der Waals surface area contributed by atoms with Crippen LogP contribution in [-0.4, -0.2) is 23.3 Å². The predicted octanol–water partition coefficient (Wildman–Crippen LogP) is 3.62. The molecule has 2 aromatic rings. The third-order valence-electron chi connectivity index (χ3n) is 3.80. The van der Waals surface area contributed by atoms with E-state index in [1.807, 2.05) is 6.92 Å². The van der Waals surface area contributed by atoms with Gasteiger partial charge in [-0.2, -0.15) is 8.78 Å². The summed E-state index contributed by atoms with van der Waals surface area (Å²) < 4.78 is 28.8. The highest BCUT2D eigenvalue weighted by Crippen LogP contribution is 2.21. The number of carbonyl (C=O) groups excluding carboxylic acids is 2. The molecule has 0 saturated heterocycles. The average molecular weight is 350 g/mol. The summed E-state index contributed by atoms with van der Waals surface area (Å²) in [6.07, 6.45) is 0.541. The van der Waals surface area contributed by atoms with Gasteiger partial charge in [0.05, 0.1) is 0 Å². The zero-order chi connectivity index (χ0) is 18.6. The summed E-state index contributed by atoms with van der Waals surface area (Å²) in [6, 6.07) is 6.12. The molecule has 0 unspecified atom stereocenters. The van der Waals surface area contributed by atoms with Gasteiger partial charge in [0, 0.05) is 17.8 Å². The predicted molar refractivity (Wildman–Crippen MR) is 89.2 cm³/mol. The smallest absolute Gasteiger partial charge is 0.387 e. The van der Waals surface area contributed by atoms with Crippen molar-refractivity contribution in [1.82, 2.24) is 10.3 Å². The molecule has 1 aromatic carbocycles. The van der Waals surface area contributed by atoms with Crippen molar-refractivity contribution in [3.63, 3.8) is 0 Å². The Morgan fingerprint density at radius 1 is 1.32 bits per heavy atom. The van der Waals surface area contributed by atoms with Gasteiger partial charge in [-0.15, -0.1) is 0 Å². The third-order valence-corrected chi connectivity index (χ3v) is 3.80. The van der Waals surface area contributed by atoms with E-state index in [1.54, 1.807) is 19.1 Å². The second kappa shape index (κ2) is 7.92. The number of amides is 1. The summed E-state index contributed by atoms with van der Waals surface area (Å²) in [4.78, 5) is 27.2. The molecule has 2 N–H and O–H groups in total. The normalized spacial score (nSPS) is 10.8. The van der Waals surface area contributed by atoms with Gasteiger partial charge in [0.2, 0.25) is 0 Å². The lowest BCUT2D eigenvalue weighted by atomic mass is 10.0. The standard InChI is InChI=1S/C18H20F2N2O3/c1-4-14-15(11(3)23)10(2)22-16(14)17(24)21-9-12-6-5-7-13(8-12)25-18(19)20/h5-8,18,22H,4,9H2,1-3H3,(H,21,24). The van der Waals surface area contributed by atoms with E-state index in [0.29, 0.717) is 34.5 Å². The number of aryl methyl sites for hydroxylation is 1. The van der Waals surface area contributed by atoms with Gasteiger partial charge >= 0.3 is 6.61 Å². The molecule has 0 fully saturated rings. The molecule has 1 aromatic heterocycles. The molecule has 7 heteroatoms. The van der Waals surface area contributed by atoms with E-state index in [0.717, 1.165) is 0 Å². The average Bonchev–Trinajstić information content (AvgIpc) is 2.89. The fourth-order valence-electron chi connectivity index (χ4n) is 2.80. The lowest BCUT2D eigenvalue weighted by Gasteiger charge is -2.09. The van der Waals surface area contributed by atoms with Crippen LogP contribution in [0.3, 0.4) is 0 Å².